The third kappa shape index (κ3) is 2.02. The highest BCUT2D eigenvalue weighted by atomic mass is 16.2. The number of carbonyl (C=O) groups excluding carboxylic acids is 1. The normalized spacial score (nSPS) is 18.8. The van der Waals surface area contributed by atoms with E-state index in [1.807, 2.05) is 24.8 Å². The topological polar surface area (TPSA) is 70.2 Å². The maximum Gasteiger partial charge on any atom is 0.245 e. The fourth-order valence-electron chi connectivity index (χ4n) is 1.92. The summed E-state index contributed by atoms with van der Waals surface area (Å²) in [6.07, 6.45) is 1.69. The van der Waals surface area contributed by atoms with E-state index in [0.29, 0.717) is 12.5 Å². The predicted molar refractivity (Wildman–Crippen MR) is 66.0 cm³/mol. The molecule has 92 valence electrons. The SMILES string of the molecule is CNc1nccc(N2CCNC(=O)C2(C)C)n1. The lowest BCUT2D eigenvalue weighted by molar-refractivity contribution is -0.126. The molecule has 0 aliphatic carbocycles. The summed E-state index contributed by atoms with van der Waals surface area (Å²) in [7, 11) is 1.77. The number of nitrogens with zero attached hydrogens (tertiary/aromatic N) is 3. The van der Waals surface area contributed by atoms with E-state index in [9.17, 15) is 4.79 Å². The monoisotopic (exact) mass is 235 g/mol. The molecule has 0 unspecified atom stereocenters. The molecule has 6 nitrogen and oxygen atoms in total. The number of amides is 1. The molecule has 17 heavy (non-hydrogen) atoms. The van der Waals surface area contributed by atoms with Crippen LogP contribution in [0.5, 0.6) is 0 Å². The van der Waals surface area contributed by atoms with Crippen LogP contribution in [0.4, 0.5) is 11.8 Å². The predicted octanol–water partition coefficient (Wildman–Crippen LogP) is 0.233. The Morgan fingerprint density at radius 1 is 1.53 bits per heavy atom. The molecule has 6 heteroatoms. The van der Waals surface area contributed by atoms with Gasteiger partial charge in [0.1, 0.15) is 11.4 Å². The van der Waals surface area contributed by atoms with Crippen LogP contribution in [-0.2, 0) is 4.79 Å². The van der Waals surface area contributed by atoms with E-state index < -0.39 is 5.54 Å². The molecule has 2 rings (SSSR count). The zero-order valence-electron chi connectivity index (χ0n) is 10.3. The van der Waals surface area contributed by atoms with Crippen LogP contribution in [0.1, 0.15) is 13.8 Å². The average Bonchev–Trinajstić information content (AvgIpc) is 2.32. The van der Waals surface area contributed by atoms with Crippen molar-refractivity contribution in [2.45, 2.75) is 19.4 Å². The van der Waals surface area contributed by atoms with Crippen molar-refractivity contribution in [3.05, 3.63) is 12.3 Å². The summed E-state index contributed by atoms with van der Waals surface area (Å²) in [5.74, 6) is 1.35. The van der Waals surface area contributed by atoms with Crippen LogP contribution in [0, 0.1) is 0 Å². The Kier molecular flexibility index (Phi) is 2.87. The molecule has 2 N–H and O–H groups in total. The molecule has 0 bridgehead atoms. The lowest BCUT2D eigenvalue weighted by Gasteiger charge is -2.41. The lowest BCUT2D eigenvalue weighted by atomic mass is 9.99. The van der Waals surface area contributed by atoms with Gasteiger partial charge in [0.25, 0.3) is 0 Å². The van der Waals surface area contributed by atoms with Gasteiger partial charge in [0.2, 0.25) is 11.9 Å². The number of hydrogen-bond acceptors (Lipinski definition) is 5. The number of piperazine rings is 1. The minimum Gasteiger partial charge on any atom is -0.357 e. The van der Waals surface area contributed by atoms with E-state index in [2.05, 4.69) is 20.6 Å². The van der Waals surface area contributed by atoms with Crippen LogP contribution < -0.4 is 15.5 Å². The Morgan fingerprint density at radius 3 is 3.00 bits per heavy atom. The van der Waals surface area contributed by atoms with Gasteiger partial charge in [0, 0.05) is 26.3 Å². The number of anilines is 2. The first-order valence-electron chi connectivity index (χ1n) is 5.62. The van der Waals surface area contributed by atoms with E-state index in [4.69, 9.17) is 0 Å². The Labute approximate surface area is 100 Å². The molecule has 0 radical (unpaired) electrons. The van der Waals surface area contributed by atoms with Gasteiger partial charge in [-0.05, 0) is 19.9 Å². The zero-order chi connectivity index (χ0) is 12.5. The van der Waals surface area contributed by atoms with Gasteiger partial charge in [-0.25, -0.2) is 4.98 Å². The Bertz CT molecular complexity index is 432. The van der Waals surface area contributed by atoms with Crippen LogP contribution in [-0.4, -0.2) is 41.6 Å². The van der Waals surface area contributed by atoms with Crippen molar-refractivity contribution in [3.63, 3.8) is 0 Å². The standard InChI is InChI=1S/C11H17N5O/c1-11(2)9(17)13-6-7-16(11)8-4-5-14-10(12-3)15-8/h4-5H,6-7H2,1-3H3,(H,13,17)(H,12,14,15). The van der Waals surface area contributed by atoms with Crippen LogP contribution in [0.2, 0.25) is 0 Å². The third-order valence-corrected chi connectivity index (χ3v) is 2.99. The molecule has 0 aromatic carbocycles. The highest BCUT2D eigenvalue weighted by Crippen LogP contribution is 2.24. The molecule has 0 saturated carbocycles. The van der Waals surface area contributed by atoms with Crippen LogP contribution in [0.3, 0.4) is 0 Å². The number of carbonyl (C=O) groups is 1. The molecular weight excluding hydrogens is 218 g/mol. The quantitative estimate of drug-likeness (QED) is 0.768. The average molecular weight is 235 g/mol. The minimum atomic E-state index is -0.586. The smallest absolute Gasteiger partial charge is 0.245 e. The third-order valence-electron chi connectivity index (χ3n) is 2.99. The van der Waals surface area contributed by atoms with Crippen molar-refractivity contribution < 1.29 is 4.79 Å². The van der Waals surface area contributed by atoms with E-state index in [1.165, 1.54) is 0 Å². The van der Waals surface area contributed by atoms with Crippen molar-refractivity contribution in [2.24, 2.45) is 0 Å². The highest BCUT2D eigenvalue weighted by molar-refractivity contribution is 5.90. The van der Waals surface area contributed by atoms with Crippen molar-refractivity contribution in [3.8, 4) is 0 Å². The second-order valence-corrected chi connectivity index (χ2v) is 4.46. The summed E-state index contributed by atoms with van der Waals surface area (Å²) in [6, 6.07) is 1.82. The van der Waals surface area contributed by atoms with Gasteiger partial charge >= 0.3 is 0 Å². The van der Waals surface area contributed by atoms with Crippen LogP contribution in [0.25, 0.3) is 0 Å². The molecular formula is C11H17N5O. The van der Waals surface area contributed by atoms with Crippen molar-refractivity contribution in [2.75, 3.05) is 30.4 Å². The summed E-state index contributed by atoms with van der Waals surface area (Å²) in [4.78, 5) is 22.3. The van der Waals surface area contributed by atoms with E-state index in [0.717, 1.165) is 12.4 Å². The Balaban J connectivity index is 2.34. The minimum absolute atomic E-state index is 0.0216. The first-order valence-corrected chi connectivity index (χ1v) is 5.62. The molecule has 0 atom stereocenters. The lowest BCUT2D eigenvalue weighted by Crippen LogP contribution is -2.62. The van der Waals surface area contributed by atoms with Gasteiger partial charge in [-0.2, -0.15) is 4.98 Å². The van der Waals surface area contributed by atoms with Gasteiger partial charge < -0.3 is 15.5 Å². The molecule has 1 aliphatic heterocycles. The number of nitrogens with one attached hydrogen (secondary N) is 2. The summed E-state index contributed by atoms with van der Waals surface area (Å²) in [5, 5.41) is 5.76. The molecule has 1 aliphatic rings. The molecule has 1 amide bonds. The molecule has 1 aromatic heterocycles. The fraction of sp³-hybridized carbons (Fsp3) is 0.545. The van der Waals surface area contributed by atoms with Crippen LogP contribution >= 0.6 is 0 Å². The van der Waals surface area contributed by atoms with Gasteiger partial charge in [-0.3, -0.25) is 4.79 Å². The van der Waals surface area contributed by atoms with Gasteiger partial charge in [-0.1, -0.05) is 0 Å². The first-order chi connectivity index (χ1) is 8.05. The van der Waals surface area contributed by atoms with E-state index in [1.54, 1.807) is 13.2 Å². The molecule has 2 heterocycles. The number of aromatic nitrogens is 2. The fourth-order valence-corrected chi connectivity index (χ4v) is 1.92. The molecule has 1 saturated heterocycles. The Hall–Kier alpha value is -1.85. The largest absolute Gasteiger partial charge is 0.357 e. The van der Waals surface area contributed by atoms with Crippen LogP contribution in [0.15, 0.2) is 12.3 Å². The van der Waals surface area contributed by atoms with E-state index in [-0.39, 0.29) is 5.91 Å². The summed E-state index contributed by atoms with van der Waals surface area (Å²) < 4.78 is 0. The van der Waals surface area contributed by atoms with Gasteiger partial charge in [-0.15, -0.1) is 0 Å². The van der Waals surface area contributed by atoms with E-state index >= 15 is 0 Å². The van der Waals surface area contributed by atoms with Crippen molar-refractivity contribution >= 4 is 17.7 Å². The summed E-state index contributed by atoms with van der Waals surface area (Å²) in [6.45, 7) is 5.17. The molecule has 0 spiro atoms. The number of rotatable bonds is 2. The molecule has 1 aromatic rings. The van der Waals surface area contributed by atoms with Gasteiger partial charge in [0.15, 0.2) is 0 Å². The summed E-state index contributed by atoms with van der Waals surface area (Å²) >= 11 is 0. The highest BCUT2D eigenvalue weighted by Gasteiger charge is 2.38. The maximum absolute atomic E-state index is 11.8. The number of hydrogen-bond donors (Lipinski definition) is 2. The second kappa shape index (κ2) is 4.20. The maximum atomic E-state index is 11.8. The Morgan fingerprint density at radius 2 is 2.29 bits per heavy atom. The second-order valence-electron chi connectivity index (χ2n) is 4.46. The van der Waals surface area contributed by atoms with Crippen molar-refractivity contribution in [1.29, 1.82) is 0 Å². The molecule has 1 fully saturated rings. The zero-order valence-corrected chi connectivity index (χ0v) is 10.3. The van der Waals surface area contributed by atoms with Crippen molar-refractivity contribution in [1.82, 2.24) is 15.3 Å². The summed E-state index contributed by atoms with van der Waals surface area (Å²) in [5.41, 5.74) is -0.586. The first kappa shape index (κ1) is 11.6. The van der Waals surface area contributed by atoms with Gasteiger partial charge in [0.05, 0.1) is 0 Å².